The van der Waals surface area contributed by atoms with E-state index in [1.54, 1.807) is 16.7 Å². The number of nitrogens with zero attached hydrogens (tertiary/aromatic N) is 1. The minimum absolute atomic E-state index is 0.0133. The molecule has 0 radical (unpaired) electrons. The maximum Gasteiger partial charge on any atom is 0.330 e. The first-order valence-electron chi connectivity index (χ1n) is 11.2. The molecule has 29 heavy (non-hydrogen) atoms. The van der Waals surface area contributed by atoms with Crippen LogP contribution in [0.5, 0.6) is 0 Å². The van der Waals surface area contributed by atoms with Crippen LogP contribution in [0.2, 0.25) is 0 Å². The molecular weight excluding hydrogens is 388 g/mol. The van der Waals surface area contributed by atoms with Crippen LogP contribution in [0.3, 0.4) is 0 Å². The minimum atomic E-state index is -0.562. The topological polar surface area (TPSA) is 75.7 Å². The van der Waals surface area contributed by atoms with Gasteiger partial charge in [-0.2, -0.15) is 0 Å². The highest BCUT2D eigenvalue weighted by atomic mass is 32.2. The van der Waals surface area contributed by atoms with Crippen molar-refractivity contribution in [2.24, 2.45) is 23.2 Å². The fourth-order valence-electron chi connectivity index (χ4n) is 7.37. The minimum Gasteiger partial charge on any atom is -0.454 e. The van der Waals surface area contributed by atoms with Crippen LogP contribution in [0, 0.1) is 23.2 Å². The number of amides is 2. The van der Waals surface area contributed by atoms with Crippen LogP contribution in [0.15, 0.2) is 0 Å². The Morgan fingerprint density at radius 3 is 2.45 bits per heavy atom. The summed E-state index contributed by atoms with van der Waals surface area (Å²) in [5.74, 6) is 2.41. The molecule has 0 aromatic carbocycles. The molecule has 6 fully saturated rings. The van der Waals surface area contributed by atoms with Gasteiger partial charge < -0.3 is 15.0 Å². The second-order valence-electron chi connectivity index (χ2n) is 10.4. The fraction of sp³-hybridized carbons (Fsp3) is 0.864. The summed E-state index contributed by atoms with van der Waals surface area (Å²) in [6.07, 6.45) is 9.08. The third kappa shape index (κ3) is 3.28. The summed E-state index contributed by atoms with van der Waals surface area (Å²) in [6.45, 7) is 3.89. The van der Waals surface area contributed by atoms with Gasteiger partial charge >= 0.3 is 5.97 Å². The second kappa shape index (κ2) is 6.89. The van der Waals surface area contributed by atoms with E-state index in [9.17, 15) is 14.4 Å². The molecule has 3 atom stereocenters. The Morgan fingerprint density at radius 1 is 1.21 bits per heavy atom. The van der Waals surface area contributed by atoms with Crippen LogP contribution in [0.4, 0.5) is 0 Å². The van der Waals surface area contributed by atoms with Crippen LogP contribution in [-0.4, -0.2) is 52.0 Å². The molecule has 1 N–H and O–H groups in total. The third-order valence-electron chi connectivity index (χ3n) is 8.44. The van der Waals surface area contributed by atoms with Gasteiger partial charge in [0.1, 0.15) is 6.04 Å². The van der Waals surface area contributed by atoms with Crippen LogP contribution >= 0.6 is 11.8 Å². The highest BCUT2D eigenvalue weighted by Crippen LogP contribution is 2.61. The Hall–Kier alpha value is -1.24. The Bertz CT molecular complexity index is 705. The van der Waals surface area contributed by atoms with E-state index in [2.05, 4.69) is 12.2 Å². The van der Waals surface area contributed by atoms with E-state index in [1.165, 1.54) is 38.5 Å². The highest BCUT2D eigenvalue weighted by molar-refractivity contribution is 8.01. The van der Waals surface area contributed by atoms with Crippen molar-refractivity contribution < 1.29 is 19.1 Å². The van der Waals surface area contributed by atoms with E-state index >= 15 is 0 Å². The van der Waals surface area contributed by atoms with Crippen LogP contribution in [0.1, 0.15) is 65.2 Å². The standard InChI is InChI=1S/C22H32N2O4S/c1-13(22-8-14-5-15(9-22)7-16(6-14)10-22)23-18(25)11-28-20(27)17-12-29-21(2)4-3-19(26)24(17)21/h13-17H,3-12H2,1-2H3,(H,23,25)/t13-,14?,15?,16?,17-,21-,22?/m0/s1. The average molecular weight is 421 g/mol. The molecule has 0 aromatic heterocycles. The van der Waals surface area contributed by atoms with Crippen molar-refractivity contribution in [2.75, 3.05) is 12.4 Å². The van der Waals surface area contributed by atoms with Crippen LogP contribution < -0.4 is 5.32 Å². The van der Waals surface area contributed by atoms with Crippen molar-refractivity contribution in [1.29, 1.82) is 0 Å². The Morgan fingerprint density at radius 2 is 1.83 bits per heavy atom. The molecule has 0 spiro atoms. The average Bonchev–Trinajstić information content (AvgIpc) is 3.14. The normalized spacial score (nSPS) is 43.4. The summed E-state index contributed by atoms with van der Waals surface area (Å²) >= 11 is 1.64. The lowest BCUT2D eigenvalue weighted by molar-refractivity contribution is -0.156. The maximum absolute atomic E-state index is 12.6. The number of carbonyl (C=O) groups excluding carboxylic acids is 3. The van der Waals surface area contributed by atoms with Crippen molar-refractivity contribution in [3.05, 3.63) is 0 Å². The molecule has 4 aliphatic carbocycles. The lowest BCUT2D eigenvalue weighted by atomic mass is 9.48. The van der Waals surface area contributed by atoms with Gasteiger partial charge in [-0.25, -0.2) is 4.79 Å². The molecule has 160 valence electrons. The number of rotatable bonds is 5. The molecule has 0 unspecified atom stereocenters. The number of fused-ring (bicyclic) bond motifs is 1. The number of nitrogens with one attached hydrogen (secondary N) is 1. The van der Waals surface area contributed by atoms with Gasteiger partial charge in [0.25, 0.3) is 5.91 Å². The number of hydrogen-bond donors (Lipinski definition) is 1. The first-order chi connectivity index (χ1) is 13.8. The first kappa shape index (κ1) is 19.7. The monoisotopic (exact) mass is 420 g/mol. The summed E-state index contributed by atoms with van der Waals surface area (Å²) < 4.78 is 5.35. The van der Waals surface area contributed by atoms with Gasteiger partial charge in [0.2, 0.25) is 5.91 Å². The van der Waals surface area contributed by atoms with Gasteiger partial charge in [-0.15, -0.1) is 11.8 Å². The molecule has 2 heterocycles. The Labute approximate surface area is 176 Å². The van der Waals surface area contributed by atoms with E-state index in [4.69, 9.17) is 4.74 Å². The SMILES string of the molecule is C[C@H](NC(=O)COC(=O)[C@@H]1CS[C@@]2(C)CCC(=O)N12)C12CC3CC(CC(C3)C1)C2. The van der Waals surface area contributed by atoms with Gasteiger partial charge in [-0.1, -0.05) is 0 Å². The van der Waals surface area contributed by atoms with Crippen molar-refractivity contribution in [3.8, 4) is 0 Å². The molecule has 0 aromatic rings. The molecule has 2 aliphatic heterocycles. The third-order valence-corrected chi connectivity index (χ3v) is 9.95. The smallest absolute Gasteiger partial charge is 0.330 e. The molecule has 6 nitrogen and oxygen atoms in total. The fourth-order valence-corrected chi connectivity index (χ4v) is 8.79. The number of thioether (sulfide) groups is 1. The lowest BCUT2D eigenvalue weighted by Gasteiger charge is -2.59. The summed E-state index contributed by atoms with van der Waals surface area (Å²) in [5, 5.41) is 3.14. The zero-order valence-electron chi connectivity index (χ0n) is 17.4. The van der Waals surface area contributed by atoms with E-state index in [-0.39, 0.29) is 34.7 Å². The number of ether oxygens (including phenoxy) is 1. The van der Waals surface area contributed by atoms with Crippen molar-refractivity contribution in [3.63, 3.8) is 0 Å². The maximum atomic E-state index is 12.6. The number of carbonyl (C=O) groups is 3. The molecule has 2 amide bonds. The summed E-state index contributed by atoms with van der Waals surface area (Å²) in [5.41, 5.74) is 0.236. The predicted molar refractivity (Wildman–Crippen MR) is 110 cm³/mol. The van der Waals surface area contributed by atoms with Crippen molar-refractivity contribution in [1.82, 2.24) is 10.2 Å². The predicted octanol–water partition coefficient (Wildman–Crippen LogP) is 2.70. The van der Waals surface area contributed by atoms with Gasteiger partial charge in [0, 0.05) is 18.2 Å². The largest absolute Gasteiger partial charge is 0.454 e. The van der Waals surface area contributed by atoms with Crippen molar-refractivity contribution >= 4 is 29.5 Å². The van der Waals surface area contributed by atoms with Gasteiger partial charge in [-0.3, -0.25) is 9.59 Å². The molecule has 7 heteroatoms. The number of hydrogen-bond acceptors (Lipinski definition) is 5. The van der Waals surface area contributed by atoms with E-state index < -0.39 is 12.0 Å². The van der Waals surface area contributed by atoms with E-state index in [0.717, 1.165) is 24.2 Å². The first-order valence-corrected chi connectivity index (χ1v) is 12.2. The summed E-state index contributed by atoms with van der Waals surface area (Å²) in [7, 11) is 0. The summed E-state index contributed by atoms with van der Waals surface area (Å²) in [4.78, 5) is 38.7. The van der Waals surface area contributed by atoms with Crippen LogP contribution in [0.25, 0.3) is 0 Å². The summed E-state index contributed by atoms with van der Waals surface area (Å²) in [6, 6.07) is -0.444. The lowest BCUT2D eigenvalue weighted by Crippen LogP contribution is -2.56. The molecule has 6 aliphatic rings. The molecule has 4 bridgehead atoms. The Balaban J connectivity index is 1.15. The number of esters is 1. The van der Waals surface area contributed by atoms with E-state index in [0.29, 0.717) is 12.2 Å². The Kier molecular flexibility index (Phi) is 4.68. The molecule has 6 rings (SSSR count). The van der Waals surface area contributed by atoms with Crippen molar-refractivity contribution in [2.45, 2.75) is 82.2 Å². The molecular formula is C22H32N2O4S. The van der Waals surface area contributed by atoms with Gasteiger partial charge in [0.05, 0.1) is 4.87 Å². The zero-order valence-corrected chi connectivity index (χ0v) is 18.3. The second-order valence-corrected chi connectivity index (χ2v) is 11.9. The molecule has 2 saturated heterocycles. The van der Waals surface area contributed by atoms with Gasteiger partial charge in [-0.05, 0) is 82.0 Å². The quantitative estimate of drug-likeness (QED) is 0.692. The zero-order chi connectivity index (χ0) is 20.4. The van der Waals surface area contributed by atoms with Gasteiger partial charge in [0.15, 0.2) is 6.61 Å². The molecule has 4 saturated carbocycles. The van der Waals surface area contributed by atoms with Crippen LogP contribution in [-0.2, 0) is 19.1 Å². The van der Waals surface area contributed by atoms with E-state index in [1.807, 2.05) is 6.92 Å². The highest BCUT2D eigenvalue weighted by Gasteiger charge is 2.54.